The van der Waals surface area contributed by atoms with Crippen LogP contribution >= 0.6 is 50.5 Å². The molecule has 17 heavy (non-hydrogen) atoms. The summed E-state index contributed by atoms with van der Waals surface area (Å²) < 4.78 is 2.12. The molecule has 2 aromatic carbocycles. The number of halogens is 3. The molecule has 0 radical (unpaired) electrons. The van der Waals surface area contributed by atoms with Gasteiger partial charge in [-0.15, -0.1) is 0 Å². The minimum Gasteiger partial charge on any atom is -0.348 e. The molecule has 3 rings (SSSR count). The Bertz CT molecular complexity index is 603. The second-order valence-electron chi connectivity index (χ2n) is 3.74. The van der Waals surface area contributed by atoms with E-state index in [1.807, 2.05) is 6.07 Å². The van der Waals surface area contributed by atoms with Crippen LogP contribution in [0.2, 0.25) is 0 Å². The maximum Gasteiger partial charge on any atom is 0.119 e. The third kappa shape index (κ3) is 2.15. The number of rotatable bonds is 0. The first kappa shape index (κ1) is 12.0. The number of hydrogen-bond donors (Lipinski definition) is 1. The fraction of sp³-hybridized carbons (Fsp3) is 0. The van der Waals surface area contributed by atoms with Crippen molar-refractivity contribution >= 4 is 61.5 Å². The Hall–Kier alpha value is -0.0800. The Morgan fingerprint density at radius 3 is 2.35 bits per heavy atom. The molecule has 0 saturated carbocycles. The van der Waals surface area contributed by atoms with E-state index in [1.165, 1.54) is 16.4 Å². The molecule has 1 nitrogen and oxygen atoms in total. The smallest absolute Gasteiger partial charge is 0.119 e. The van der Waals surface area contributed by atoms with Gasteiger partial charge < -0.3 is 5.09 Å². The van der Waals surface area contributed by atoms with Gasteiger partial charge in [-0.3, -0.25) is 0 Å². The van der Waals surface area contributed by atoms with Crippen LogP contribution in [0, 0.1) is 0 Å². The molecule has 0 saturated heterocycles. The van der Waals surface area contributed by atoms with Crippen molar-refractivity contribution in [2.24, 2.45) is 0 Å². The van der Waals surface area contributed by atoms with Gasteiger partial charge in [0.05, 0.1) is 0 Å². The fourth-order valence-corrected chi connectivity index (χ4v) is 4.67. The highest BCUT2D eigenvalue weighted by atomic mass is 79.9. The van der Waals surface area contributed by atoms with Gasteiger partial charge in [0.1, 0.15) is 7.43 Å². The highest BCUT2D eigenvalue weighted by molar-refractivity contribution is 9.10. The van der Waals surface area contributed by atoms with Crippen molar-refractivity contribution in [1.29, 1.82) is 0 Å². The van der Waals surface area contributed by atoms with Crippen molar-refractivity contribution < 1.29 is 0 Å². The van der Waals surface area contributed by atoms with E-state index >= 15 is 0 Å². The summed E-state index contributed by atoms with van der Waals surface area (Å²) in [4.78, 5) is 0. The second kappa shape index (κ2) is 4.55. The first-order valence-electron chi connectivity index (χ1n) is 4.97. The number of nitrogens with one attached hydrogen (secondary N) is 1. The number of anilines is 1. The maximum absolute atomic E-state index is 6.42. The van der Waals surface area contributed by atoms with E-state index in [-0.39, 0.29) is 0 Å². The van der Waals surface area contributed by atoms with Crippen LogP contribution in [0.25, 0.3) is 11.1 Å². The lowest BCUT2D eigenvalue weighted by Gasteiger charge is -2.25. The summed E-state index contributed by atoms with van der Waals surface area (Å²) in [6.07, 6.45) is 0. The zero-order valence-electron chi connectivity index (χ0n) is 8.55. The van der Waals surface area contributed by atoms with E-state index in [2.05, 4.69) is 67.3 Å². The largest absolute Gasteiger partial charge is 0.348 e. The molecular formula is C12H7Br2ClNP. The molecule has 5 heteroatoms. The van der Waals surface area contributed by atoms with Crippen molar-refractivity contribution in [3.8, 4) is 11.1 Å². The zero-order chi connectivity index (χ0) is 12.0. The van der Waals surface area contributed by atoms with Gasteiger partial charge in [0, 0.05) is 25.5 Å². The molecule has 86 valence electrons. The molecule has 0 spiro atoms. The third-order valence-corrected chi connectivity index (χ3v) is 5.68. The first-order chi connectivity index (χ1) is 8.15. The average Bonchev–Trinajstić information content (AvgIpc) is 2.29. The number of hydrogen-bond acceptors (Lipinski definition) is 1. The Morgan fingerprint density at radius 1 is 0.941 bits per heavy atom. The summed E-state index contributed by atoms with van der Waals surface area (Å²) in [5.41, 5.74) is 3.51. The fourth-order valence-electron chi connectivity index (χ4n) is 1.90. The van der Waals surface area contributed by atoms with Gasteiger partial charge >= 0.3 is 0 Å². The van der Waals surface area contributed by atoms with E-state index in [0.717, 1.165) is 14.6 Å². The molecule has 1 heterocycles. The van der Waals surface area contributed by atoms with Crippen LogP contribution in [0.4, 0.5) is 5.69 Å². The standard InChI is InChI=1S/C12H7Br2ClNP/c13-7-1-3-9-10-4-2-8(14)6-12(10)17(15)16-11(9)5-7/h1-6,16H. The van der Waals surface area contributed by atoms with E-state index < -0.39 is 7.43 Å². The Morgan fingerprint density at radius 2 is 1.59 bits per heavy atom. The van der Waals surface area contributed by atoms with Gasteiger partial charge in [0.2, 0.25) is 0 Å². The Labute approximate surface area is 122 Å². The summed E-state index contributed by atoms with van der Waals surface area (Å²) in [5, 5.41) is 4.54. The Balaban J connectivity index is 2.26. The maximum atomic E-state index is 6.42. The Kier molecular flexibility index (Phi) is 3.20. The summed E-state index contributed by atoms with van der Waals surface area (Å²) in [6.45, 7) is 0. The molecule has 0 fully saturated rings. The second-order valence-corrected chi connectivity index (χ2v) is 7.86. The highest BCUT2D eigenvalue weighted by Gasteiger charge is 2.22. The quantitative estimate of drug-likeness (QED) is 0.587. The molecular weight excluding hydrogens is 384 g/mol. The van der Waals surface area contributed by atoms with Crippen LogP contribution in [0.15, 0.2) is 45.3 Å². The van der Waals surface area contributed by atoms with Crippen molar-refractivity contribution in [3.05, 3.63) is 45.3 Å². The highest BCUT2D eigenvalue weighted by Crippen LogP contribution is 2.50. The van der Waals surface area contributed by atoms with Crippen molar-refractivity contribution in [2.45, 2.75) is 0 Å². The van der Waals surface area contributed by atoms with Crippen molar-refractivity contribution in [2.75, 3.05) is 5.09 Å². The summed E-state index contributed by atoms with van der Waals surface area (Å²) >= 11 is 13.4. The molecule has 1 aliphatic rings. The lowest BCUT2D eigenvalue weighted by atomic mass is 10.0. The molecule has 1 atom stereocenters. The molecule has 1 unspecified atom stereocenters. The third-order valence-electron chi connectivity index (χ3n) is 2.66. The van der Waals surface area contributed by atoms with Gasteiger partial charge in [-0.25, -0.2) is 0 Å². The lowest BCUT2D eigenvalue weighted by Crippen LogP contribution is -2.13. The minimum atomic E-state index is -0.851. The molecule has 1 aliphatic heterocycles. The SMILES string of the molecule is ClP1Nc2cc(Br)ccc2-c2ccc(Br)cc21. The topological polar surface area (TPSA) is 12.0 Å². The van der Waals surface area contributed by atoms with Crippen molar-refractivity contribution in [3.63, 3.8) is 0 Å². The van der Waals surface area contributed by atoms with Crippen LogP contribution in [-0.4, -0.2) is 0 Å². The predicted octanol–water partition coefficient (Wildman–Crippen LogP) is 5.48. The van der Waals surface area contributed by atoms with Gasteiger partial charge in [0.25, 0.3) is 0 Å². The van der Waals surface area contributed by atoms with Gasteiger partial charge in [0.15, 0.2) is 0 Å². The average molecular weight is 391 g/mol. The summed E-state index contributed by atoms with van der Waals surface area (Å²) in [6, 6.07) is 12.5. The van der Waals surface area contributed by atoms with E-state index in [9.17, 15) is 0 Å². The minimum absolute atomic E-state index is 0.851. The van der Waals surface area contributed by atoms with Crippen LogP contribution in [0.3, 0.4) is 0 Å². The predicted molar refractivity (Wildman–Crippen MR) is 83.3 cm³/mol. The van der Waals surface area contributed by atoms with Gasteiger partial charge in [-0.1, -0.05) is 55.2 Å². The van der Waals surface area contributed by atoms with Gasteiger partial charge in [-0.2, -0.15) is 0 Å². The zero-order valence-corrected chi connectivity index (χ0v) is 13.4. The molecule has 0 amide bonds. The van der Waals surface area contributed by atoms with Gasteiger partial charge in [-0.05, 0) is 29.8 Å². The van der Waals surface area contributed by atoms with Crippen LogP contribution in [0.1, 0.15) is 0 Å². The summed E-state index contributed by atoms with van der Waals surface area (Å²) in [7, 11) is -0.851. The molecule has 2 aromatic rings. The van der Waals surface area contributed by atoms with Crippen molar-refractivity contribution in [1.82, 2.24) is 0 Å². The lowest BCUT2D eigenvalue weighted by molar-refractivity contribution is 1.57. The normalized spacial score (nSPS) is 17.0. The first-order valence-corrected chi connectivity index (χ1v) is 8.80. The van der Waals surface area contributed by atoms with E-state index in [1.54, 1.807) is 0 Å². The molecule has 0 aliphatic carbocycles. The number of benzene rings is 2. The molecule has 1 N–H and O–H groups in total. The monoisotopic (exact) mass is 389 g/mol. The van der Waals surface area contributed by atoms with E-state index in [4.69, 9.17) is 11.2 Å². The van der Waals surface area contributed by atoms with Crippen LogP contribution in [-0.2, 0) is 0 Å². The molecule has 0 bridgehead atoms. The molecule has 0 aromatic heterocycles. The summed E-state index contributed by atoms with van der Waals surface area (Å²) in [5.74, 6) is 0. The van der Waals surface area contributed by atoms with E-state index in [0.29, 0.717) is 0 Å². The van der Waals surface area contributed by atoms with Crippen LogP contribution in [0.5, 0.6) is 0 Å². The van der Waals surface area contributed by atoms with Crippen LogP contribution < -0.4 is 10.4 Å². The number of fused-ring (bicyclic) bond motifs is 3.